The Morgan fingerprint density at radius 1 is 1.27 bits per heavy atom. The zero-order chi connectivity index (χ0) is 18.7. The van der Waals surface area contributed by atoms with Gasteiger partial charge in [-0.25, -0.2) is 9.97 Å². The van der Waals surface area contributed by atoms with Crippen LogP contribution in [0.4, 0.5) is 5.69 Å². The molecule has 1 N–H and O–H groups in total. The summed E-state index contributed by atoms with van der Waals surface area (Å²) < 4.78 is 5.10. The van der Waals surface area contributed by atoms with Gasteiger partial charge in [-0.05, 0) is 37.6 Å². The van der Waals surface area contributed by atoms with Gasteiger partial charge in [0.15, 0.2) is 0 Å². The second kappa shape index (κ2) is 7.51. The fourth-order valence-corrected chi connectivity index (χ4v) is 3.03. The van der Waals surface area contributed by atoms with Crippen molar-refractivity contribution < 1.29 is 14.3 Å². The highest BCUT2D eigenvalue weighted by atomic mass is 16.5. The van der Waals surface area contributed by atoms with Gasteiger partial charge >= 0.3 is 0 Å². The minimum absolute atomic E-state index is 0.0692. The predicted molar refractivity (Wildman–Crippen MR) is 97.3 cm³/mol. The quantitative estimate of drug-likeness (QED) is 0.911. The van der Waals surface area contributed by atoms with E-state index in [-0.39, 0.29) is 17.7 Å². The number of methoxy groups -OCH3 is 1. The topological polar surface area (TPSA) is 84.4 Å². The lowest BCUT2D eigenvalue weighted by molar-refractivity contribution is -0.127. The Balaban J connectivity index is 1.70. The highest BCUT2D eigenvalue weighted by Crippen LogP contribution is 2.25. The largest absolute Gasteiger partial charge is 0.497 e. The highest BCUT2D eigenvalue weighted by Gasteiger charge is 2.28. The number of likely N-dealkylation sites (tertiary alicyclic amines) is 1. The van der Waals surface area contributed by atoms with Crippen LogP contribution in [0, 0.1) is 6.92 Å². The maximum Gasteiger partial charge on any atom is 0.259 e. The van der Waals surface area contributed by atoms with Gasteiger partial charge in [0.1, 0.15) is 11.6 Å². The van der Waals surface area contributed by atoms with Crippen LogP contribution in [-0.4, -0.2) is 46.9 Å². The van der Waals surface area contributed by atoms with E-state index in [0.717, 1.165) is 18.7 Å². The Morgan fingerprint density at radius 3 is 2.58 bits per heavy atom. The summed E-state index contributed by atoms with van der Waals surface area (Å²) in [6.07, 6.45) is 2.41. The van der Waals surface area contributed by atoms with E-state index in [1.807, 2.05) is 0 Å². The summed E-state index contributed by atoms with van der Waals surface area (Å²) in [4.78, 5) is 34.6. The molecule has 1 aromatic carbocycles. The first-order valence-electron chi connectivity index (χ1n) is 8.52. The lowest BCUT2D eigenvalue weighted by atomic mass is 10.1. The van der Waals surface area contributed by atoms with Crippen molar-refractivity contribution in [1.82, 2.24) is 14.9 Å². The number of benzene rings is 1. The summed E-state index contributed by atoms with van der Waals surface area (Å²) in [5.74, 6) is 1.35. The van der Waals surface area contributed by atoms with Gasteiger partial charge in [-0.1, -0.05) is 0 Å². The monoisotopic (exact) mass is 354 g/mol. The number of rotatable bonds is 4. The smallest absolute Gasteiger partial charge is 0.259 e. The lowest BCUT2D eigenvalue weighted by Crippen LogP contribution is -2.25. The molecular weight excluding hydrogens is 332 g/mol. The van der Waals surface area contributed by atoms with Crippen molar-refractivity contribution in [2.24, 2.45) is 0 Å². The second-order valence-corrected chi connectivity index (χ2v) is 6.36. The zero-order valence-electron chi connectivity index (χ0n) is 15.2. The minimum Gasteiger partial charge on any atom is -0.497 e. The molecule has 2 heterocycles. The number of aromatic nitrogens is 2. The third kappa shape index (κ3) is 3.82. The summed E-state index contributed by atoms with van der Waals surface area (Å²) in [5.41, 5.74) is 1.74. The number of amides is 2. The van der Waals surface area contributed by atoms with Gasteiger partial charge in [-0.3, -0.25) is 9.59 Å². The molecule has 0 unspecified atom stereocenters. The first kappa shape index (κ1) is 17.8. The van der Waals surface area contributed by atoms with Crippen molar-refractivity contribution in [3.05, 3.63) is 47.5 Å². The number of anilines is 1. The van der Waals surface area contributed by atoms with Gasteiger partial charge in [-0.2, -0.15) is 0 Å². The van der Waals surface area contributed by atoms with Crippen LogP contribution < -0.4 is 10.1 Å². The molecule has 0 aliphatic carbocycles. The molecule has 1 atom stereocenters. The van der Waals surface area contributed by atoms with E-state index in [1.165, 1.54) is 0 Å². The van der Waals surface area contributed by atoms with Crippen molar-refractivity contribution in [2.45, 2.75) is 26.2 Å². The minimum atomic E-state index is -0.254. The SMILES string of the molecule is COc1ccc(NC(=O)c2cnc([C@@H]3CCN(C(C)=O)C3)nc2C)cc1. The molecule has 3 rings (SSSR count). The molecule has 1 aromatic heterocycles. The maximum absolute atomic E-state index is 12.5. The molecule has 1 fully saturated rings. The third-order valence-corrected chi connectivity index (χ3v) is 4.59. The van der Waals surface area contributed by atoms with Crippen molar-refractivity contribution in [3.8, 4) is 5.75 Å². The fourth-order valence-electron chi connectivity index (χ4n) is 3.03. The van der Waals surface area contributed by atoms with Crippen molar-refractivity contribution >= 4 is 17.5 Å². The van der Waals surface area contributed by atoms with Gasteiger partial charge in [0.05, 0.1) is 18.4 Å². The van der Waals surface area contributed by atoms with Crippen molar-refractivity contribution in [2.75, 3.05) is 25.5 Å². The molecule has 0 spiro atoms. The molecule has 2 aromatic rings. The number of carbonyl (C=O) groups excluding carboxylic acids is 2. The molecule has 26 heavy (non-hydrogen) atoms. The van der Waals surface area contributed by atoms with Crippen LogP contribution in [0.2, 0.25) is 0 Å². The molecule has 2 amide bonds. The van der Waals surface area contributed by atoms with Gasteiger partial charge < -0.3 is 15.0 Å². The number of hydrogen-bond donors (Lipinski definition) is 1. The van der Waals surface area contributed by atoms with Gasteiger partial charge in [-0.15, -0.1) is 0 Å². The van der Waals surface area contributed by atoms with E-state index in [1.54, 1.807) is 56.3 Å². The summed E-state index contributed by atoms with van der Waals surface area (Å²) in [7, 11) is 1.59. The van der Waals surface area contributed by atoms with Crippen molar-refractivity contribution in [3.63, 3.8) is 0 Å². The van der Waals surface area contributed by atoms with Crippen LogP contribution >= 0.6 is 0 Å². The summed E-state index contributed by atoms with van der Waals surface area (Å²) >= 11 is 0. The van der Waals surface area contributed by atoms with Crippen LogP contribution in [0.1, 0.15) is 41.1 Å². The van der Waals surface area contributed by atoms with Gasteiger partial charge in [0, 0.05) is 37.8 Å². The second-order valence-electron chi connectivity index (χ2n) is 6.36. The Morgan fingerprint density at radius 2 is 2.00 bits per heavy atom. The van der Waals surface area contributed by atoms with E-state index >= 15 is 0 Å². The van der Waals surface area contributed by atoms with E-state index in [2.05, 4.69) is 15.3 Å². The van der Waals surface area contributed by atoms with Crippen LogP contribution in [-0.2, 0) is 4.79 Å². The van der Waals surface area contributed by atoms with E-state index in [0.29, 0.717) is 29.3 Å². The number of carbonyl (C=O) groups is 2. The van der Waals surface area contributed by atoms with E-state index in [9.17, 15) is 9.59 Å². The Bertz CT molecular complexity index is 820. The van der Waals surface area contributed by atoms with Crippen LogP contribution in [0.15, 0.2) is 30.5 Å². The molecule has 7 heteroatoms. The summed E-state index contributed by atoms with van der Waals surface area (Å²) in [5, 5.41) is 2.83. The first-order valence-corrected chi connectivity index (χ1v) is 8.52. The highest BCUT2D eigenvalue weighted by molar-refractivity contribution is 6.04. The Kier molecular flexibility index (Phi) is 5.16. The molecule has 0 radical (unpaired) electrons. The molecule has 1 aliphatic rings. The Labute approximate surface area is 152 Å². The first-order chi connectivity index (χ1) is 12.5. The average molecular weight is 354 g/mol. The standard InChI is InChI=1S/C19H22N4O3/c1-12-17(19(25)22-15-4-6-16(26-3)7-5-15)10-20-18(21-12)14-8-9-23(11-14)13(2)24/h4-7,10,14H,8-9,11H2,1-3H3,(H,22,25)/t14-/m1/s1. The van der Waals surface area contributed by atoms with Crippen molar-refractivity contribution in [1.29, 1.82) is 0 Å². The van der Waals surface area contributed by atoms with E-state index in [4.69, 9.17) is 4.74 Å². The Hall–Kier alpha value is -2.96. The molecule has 1 saturated heterocycles. The molecule has 0 saturated carbocycles. The third-order valence-electron chi connectivity index (χ3n) is 4.59. The number of hydrogen-bond acceptors (Lipinski definition) is 5. The fraction of sp³-hybridized carbons (Fsp3) is 0.368. The normalized spacial score (nSPS) is 16.4. The van der Waals surface area contributed by atoms with Gasteiger partial charge in [0.25, 0.3) is 5.91 Å². The van der Waals surface area contributed by atoms with E-state index < -0.39 is 0 Å². The molecular formula is C19H22N4O3. The molecule has 7 nitrogen and oxygen atoms in total. The van der Waals surface area contributed by atoms with Crippen LogP contribution in [0.5, 0.6) is 5.75 Å². The summed E-state index contributed by atoms with van der Waals surface area (Å²) in [6, 6.07) is 7.11. The zero-order valence-corrected chi connectivity index (χ0v) is 15.2. The number of nitrogens with one attached hydrogen (secondary N) is 1. The maximum atomic E-state index is 12.5. The molecule has 0 bridgehead atoms. The van der Waals surface area contributed by atoms with Crippen LogP contribution in [0.25, 0.3) is 0 Å². The summed E-state index contributed by atoms with van der Waals surface area (Å²) in [6.45, 7) is 4.72. The molecule has 1 aliphatic heterocycles. The lowest BCUT2D eigenvalue weighted by Gasteiger charge is -2.14. The number of nitrogens with zero attached hydrogens (tertiary/aromatic N) is 3. The number of aryl methyl sites for hydroxylation is 1. The number of ether oxygens (including phenoxy) is 1. The van der Waals surface area contributed by atoms with Gasteiger partial charge in [0.2, 0.25) is 5.91 Å². The van der Waals surface area contributed by atoms with Crippen LogP contribution in [0.3, 0.4) is 0 Å². The average Bonchev–Trinajstić information content (AvgIpc) is 3.12. The molecule has 136 valence electrons. The predicted octanol–water partition coefficient (Wildman–Crippen LogP) is 2.38.